The van der Waals surface area contributed by atoms with Crippen LogP contribution in [-0.4, -0.2) is 4.98 Å². The lowest BCUT2D eigenvalue weighted by Gasteiger charge is -2.16. The van der Waals surface area contributed by atoms with E-state index in [-0.39, 0.29) is 6.04 Å². The first-order valence-corrected chi connectivity index (χ1v) is 5.40. The van der Waals surface area contributed by atoms with E-state index in [1.165, 1.54) is 6.07 Å². The van der Waals surface area contributed by atoms with Crippen molar-refractivity contribution in [2.45, 2.75) is 6.04 Å². The summed E-state index contributed by atoms with van der Waals surface area (Å²) in [7, 11) is 0. The molecule has 1 heterocycles. The number of hydrazine groups is 1. The zero-order valence-corrected chi connectivity index (χ0v) is 9.66. The third-order valence-electron chi connectivity index (χ3n) is 2.41. The van der Waals surface area contributed by atoms with Gasteiger partial charge >= 0.3 is 0 Å². The number of nitrogens with two attached hydrogens (primary N) is 1. The maximum absolute atomic E-state index is 13.1. The van der Waals surface area contributed by atoms with E-state index in [0.29, 0.717) is 10.6 Å². The second-order valence-corrected chi connectivity index (χ2v) is 4.03. The van der Waals surface area contributed by atoms with Gasteiger partial charge in [-0.15, -0.1) is 0 Å². The van der Waals surface area contributed by atoms with Crippen molar-refractivity contribution in [3.8, 4) is 0 Å². The van der Waals surface area contributed by atoms with Gasteiger partial charge in [-0.3, -0.25) is 10.8 Å². The van der Waals surface area contributed by atoms with Crippen LogP contribution in [0.4, 0.5) is 4.39 Å². The van der Waals surface area contributed by atoms with Crippen molar-refractivity contribution < 1.29 is 4.39 Å². The van der Waals surface area contributed by atoms with Crippen LogP contribution in [0.3, 0.4) is 0 Å². The zero-order valence-electron chi connectivity index (χ0n) is 8.90. The van der Waals surface area contributed by atoms with Gasteiger partial charge in [0, 0.05) is 11.2 Å². The number of pyridine rings is 1. The van der Waals surface area contributed by atoms with Crippen LogP contribution in [0, 0.1) is 5.82 Å². The van der Waals surface area contributed by atoms with Crippen LogP contribution in [0.25, 0.3) is 0 Å². The van der Waals surface area contributed by atoms with E-state index in [2.05, 4.69) is 10.4 Å². The topological polar surface area (TPSA) is 50.9 Å². The highest BCUT2D eigenvalue weighted by atomic mass is 35.5. The third kappa shape index (κ3) is 2.79. The molecule has 0 saturated heterocycles. The lowest BCUT2D eigenvalue weighted by Crippen LogP contribution is -2.29. The Morgan fingerprint density at radius 3 is 2.71 bits per heavy atom. The number of hydrogen-bond donors (Lipinski definition) is 2. The van der Waals surface area contributed by atoms with Crippen LogP contribution in [0.1, 0.15) is 17.2 Å². The first kappa shape index (κ1) is 12.0. The Morgan fingerprint density at radius 1 is 1.24 bits per heavy atom. The molecule has 0 aliphatic heterocycles. The molecule has 0 bridgehead atoms. The first-order valence-electron chi connectivity index (χ1n) is 5.03. The molecule has 3 nitrogen and oxygen atoms in total. The Hall–Kier alpha value is -1.49. The molecule has 5 heteroatoms. The highest BCUT2D eigenvalue weighted by Crippen LogP contribution is 2.23. The molecule has 1 unspecified atom stereocenters. The van der Waals surface area contributed by atoms with Crippen molar-refractivity contribution in [3.05, 3.63) is 64.7 Å². The smallest absolute Gasteiger partial charge is 0.141 e. The molecule has 0 amide bonds. The van der Waals surface area contributed by atoms with E-state index in [0.717, 1.165) is 11.8 Å². The van der Waals surface area contributed by atoms with E-state index in [1.54, 1.807) is 18.3 Å². The van der Waals surface area contributed by atoms with Crippen molar-refractivity contribution in [2.75, 3.05) is 0 Å². The van der Waals surface area contributed by atoms with E-state index < -0.39 is 5.82 Å². The van der Waals surface area contributed by atoms with Gasteiger partial charge in [0.2, 0.25) is 0 Å². The summed E-state index contributed by atoms with van der Waals surface area (Å²) in [5.41, 5.74) is 4.13. The number of aromatic nitrogens is 1. The van der Waals surface area contributed by atoms with E-state index in [9.17, 15) is 4.39 Å². The lowest BCUT2D eigenvalue weighted by atomic mass is 10.0. The van der Waals surface area contributed by atoms with Gasteiger partial charge in [0.15, 0.2) is 0 Å². The molecular weight excluding hydrogens is 241 g/mol. The van der Waals surface area contributed by atoms with Crippen LogP contribution < -0.4 is 11.3 Å². The Balaban J connectivity index is 2.40. The Bertz CT molecular complexity index is 473. The van der Waals surface area contributed by atoms with E-state index in [4.69, 9.17) is 17.4 Å². The predicted molar refractivity (Wildman–Crippen MR) is 64.8 cm³/mol. The van der Waals surface area contributed by atoms with Crippen LogP contribution in [0.2, 0.25) is 5.02 Å². The summed E-state index contributed by atoms with van der Waals surface area (Å²) < 4.78 is 13.1. The average molecular weight is 252 g/mol. The van der Waals surface area contributed by atoms with Crippen LogP contribution >= 0.6 is 11.6 Å². The van der Waals surface area contributed by atoms with Crippen LogP contribution in [0.5, 0.6) is 0 Å². The molecule has 2 rings (SSSR count). The van der Waals surface area contributed by atoms with Crippen molar-refractivity contribution in [1.29, 1.82) is 0 Å². The maximum Gasteiger partial charge on any atom is 0.141 e. The van der Waals surface area contributed by atoms with Gasteiger partial charge in [-0.2, -0.15) is 0 Å². The molecule has 0 aliphatic rings. The molecular formula is C12H11ClFN3. The maximum atomic E-state index is 13.1. The van der Waals surface area contributed by atoms with Crippen molar-refractivity contribution >= 4 is 11.6 Å². The number of benzene rings is 1. The number of halogens is 2. The number of rotatable bonds is 3. The highest BCUT2D eigenvalue weighted by Gasteiger charge is 2.13. The molecule has 0 fully saturated rings. The summed E-state index contributed by atoms with van der Waals surface area (Å²) in [5, 5.41) is 0.604. The molecule has 3 N–H and O–H groups in total. The lowest BCUT2D eigenvalue weighted by molar-refractivity contribution is 0.598. The standard InChI is InChI=1S/C12H11ClFN3/c13-10-3-1-2-8(4-10)12(17-15)9-5-11(14)7-16-6-9/h1-7,12,17H,15H2. The normalized spacial score (nSPS) is 12.4. The Kier molecular flexibility index (Phi) is 3.68. The molecule has 2 aromatic rings. The van der Waals surface area contributed by atoms with E-state index in [1.807, 2.05) is 12.1 Å². The zero-order chi connectivity index (χ0) is 12.3. The van der Waals surface area contributed by atoms with Crippen LogP contribution in [0.15, 0.2) is 42.7 Å². The Morgan fingerprint density at radius 2 is 2.06 bits per heavy atom. The van der Waals surface area contributed by atoms with Gasteiger partial charge in [-0.05, 0) is 29.3 Å². The summed E-state index contributed by atoms with van der Waals surface area (Å²) in [6.45, 7) is 0. The minimum absolute atomic E-state index is 0.336. The minimum Gasteiger partial charge on any atom is -0.271 e. The second-order valence-electron chi connectivity index (χ2n) is 3.59. The number of nitrogens with one attached hydrogen (secondary N) is 1. The van der Waals surface area contributed by atoms with Gasteiger partial charge in [0.05, 0.1) is 12.2 Å². The molecule has 17 heavy (non-hydrogen) atoms. The van der Waals surface area contributed by atoms with Crippen molar-refractivity contribution in [2.24, 2.45) is 5.84 Å². The van der Waals surface area contributed by atoms with Gasteiger partial charge in [-0.1, -0.05) is 23.7 Å². The molecule has 0 spiro atoms. The first-order chi connectivity index (χ1) is 8.20. The van der Waals surface area contributed by atoms with Crippen LogP contribution in [-0.2, 0) is 0 Å². The second kappa shape index (κ2) is 5.23. The fraction of sp³-hybridized carbons (Fsp3) is 0.0833. The monoisotopic (exact) mass is 251 g/mol. The SMILES string of the molecule is NNC(c1cncc(F)c1)c1cccc(Cl)c1. The molecule has 1 aromatic heterocycles. The molecule has 0 saturated carbocycles. The average Bonchev–Trinajstić information content (AvgIpc) is 2.30. The van der Waals surface area contributed by atoms with Crippen molar-refractivity contribution in [3.63, 3.8) is 0 Å². The largest absolute Gasteiger partial charge is 0.271 e. The molecule has 1 aromatic carbocycles. The summed E-state index contributed by atoms with van der Waals surface area (Å²) in [6.07, 6.45) is 2.71. The summed E-state index contributed by atoms with van der Waals surface area (Å²) in [5.74, 6) is 5.10. The molecule has 0 radical (unpaired) electrons. The quantitative estimate of drug-likeness (QED) is 0.651. The minimum atomic E-state index is -0.398. The number of nitrogens with zero attached hydrogens (tertiary/aromatic N) is 1. The van der Waals surface area contributed by atoms with Gasteiger partial charge in [0.1, 0.15) is 5.82 Å². The van der Waals surface area contributed by atoms with Gasteiger partial charge < -0.3 is 0 Å². The summed E-state index contributed by atoms with van der Waals surface area (Å²) in [6, 6.07) is 8.27. The molecule has 88 valence electrons. The summed E-state index contributed by atoms with van der Waals surface area (Å²) in [4.78, 5) is 3.80. The van der Waals surface area contributed by atoms with Gasteiger partial charge in [-0.25, -0.2) is 9.82 Å². The fourth-order valence-electron chi connectivity index (χ4n) is 1.66. The fourth-order valence-corrected chi connectivity index (χ4v) is 1.86. The predicted octanol–water partition coefficient (Wildman–Crippen LogP) is 2.43. The Labute approximate surface area is 103 Å². The van der Waals surface area contributed by atoms with E-state index >= 15 is 0 Å². The third-order valence-corrected chi connectivity index (χ3v) is 2.64. The number of hydrogen-bond acceptors (Lipinski definition) is 3. The van der Waals surface area contributed by atoms with Crippen molar-refractivity contribution in [1.82, 2.24) is 10.4 Å². The van der Waals surface area contributed by atoms with Gasteiger partial charge in [0.25, 0.3) is 0 Å². The summed E-state index contributed by atoms with van der Waals surface area (Å²) >= 11 is 5.91. The highest BCUT2D eigenvalue weighted by molar-refractivity contribution is 6.30. The molecule has 1 atom stereocenters. The molecule has 0 aliphatic carbocycles.